The molecule has 0 spiro atoms. The van der Waals surface area contributed by atoms with Crippen LogP contribution in [0.1, 0.15) is 5.69 Å². The van der Waals surface area contributed by atoms with Gasteiger partial charge in [0.1, 0.15) is 18.3 Å². The summed E-state index contributed by atoms with van der Waals surface area (Å²) in [5, 5.41) is 50.1. The Morgan fingerprint density at radius 2 is 1.96 bits per heavy atom. The Bertz CT molecular complexity index is 812. The van der Waals surface area contributed by atoms with Gasteiger partial charge in [0.25, 0.3) is 0 Å². The van der Waals surface area contributed by atoms with Crippen molar-refractivity contribution in [2.24, 2.45) is 0 Å². The lowest BCUT2D eigenvalue weighted by molar-refractivity contribution is -0.351. The number of aliphatic hydroxyl groups excluding tert-OH is 3. The number of H-pyrrole nitrogens is 1. The molecule has 0 radical (unpaired) electrons. The number of aromatic nitrogens is 1. The van der Waals surface area contributed by atoms with E-state index in [4.69, 9.17) is 21.4 Å². The number of fused-ring (bicyclic) bond motifs is 1. The lowest BCUT2D eigenvalue weighted by Crippen LogP contribution is -2.64. The topological polar surface area (TPSA) is 143 Å². The van der Waals surface area contributed by atoms with Gasteiger partial charge in [-0.05, 0) is 12.1 Å². The summed E-state index contributed by atoms with van der Waals surface area (Å²) in [7, 11) is 0. The number of ether oxygens (including phenoxy) is 1. The molecule has 8 nitrogen and oxygen atoms in total. The zero-order chi connectivity index (χ0) is 17.8. The summed E-state index contributed by atoms with van der Waals surface area (Å²) in [4.78, 5) is 14.0. The first-order valence-electron chi connectivity index (χ1n) is 6.82. The largest absolute Gasteiger partial charge is 0.479 e. The van der Waals surface area contributed by atoms with Gasteiger partial charge in [-0.15, -0.1) is 0 Å². The molecule has 5 atom stereocenters. The number of nitrogens with one attached hydrogen (secondary N) is 1. The van der Waals surface area contributed by atoms with E-state index < -0.39 is 36.2 Å². The fourth-order valence-electron chi connectivity index (χ4n) is 2.75. The molecule has 1 aromatic carbocycles. The van der Waals surface area contributed by atoms with Gasteiger partial charge in [0, 0.05) is 15.4 Å². The van der Waals surface area contributed by atoms with Crippen LogP contribution in [-0.4, -0.2) is 60.9 Å². The lowest BCUT2D eigenvalue weighted by atomic mass is 9.90. The molecule has 2 heterocycles. The Labute approximate surface area is 148 Å². The summed E-state index contributed by atoms with van der Waals surface area (Å²) in [5.41, 5.74) is 0.261. The van der Waals surface area contributed by atoms with E-state index in [0.29, 0.717) is 15.4 Å². The molecule has 10 heteroatoms. The van der Waals surface area contributed by atoms with Crippen molar-refractivity contribution in [1.82, 2.24) is 4.98 Å². The van der Waals surface area contributed by atoms with E-state index in [1.54, 1.807) is 18.2 Å². The number of hydrogen-bond donors (Lipinski definition) is 6. The zero-order valence-corrected chi connectivity index (χ0v) is 14.2. The number of carboxylic acid groups (broad SMARTS) is 1. The predicted molar refractivity (Wildman–Crippen MR) is 85.4 cm³/mol. The highest BCUT2D eigenvalue weighted by Gasteiger charge is 2.57. The summed E-state index contributed by atoms with van der Waals surface area (Å²) in [6.45, 7) is 0. The van der Waals surface area contributed by atoms with Gasteiger partial charge in [-0.25, -0.2) is 4.79 Å². The van der Waals surface area contributed by atoms with Crippen molar-refractivity contribution >= 4 is 44.4 Å². The van der Waals surface area contributed by atoms with Gasteiger partial charge in [0.2, 0.25) is 5.79 Å². The minimum Gasteiger partial charge on any atom is -0.479 e. The Hall–Kier alpha value is -1.20. The molecule has 0 aliphatic carbocycles. The molecule has 130 valence electrons. The third kappa shape index (κ3) is 2.44. The molecule has 3 rings (SSSR count). The smallest absolute Gasteiger partial charge is 0.335 e. The van der Waals surface area contributed by atoms with E-state index in [1.165, 1.54) is 0 Å². The average Bonchev–Trinajstić information content (AvgIpc) is 2.87. The van der Waals surface area contributed by atoms with E-state index in [-0.39, 0.29) is 10.7 Å². The number of rotatable bonds is 2. The maximum atomic E-state index is 11.2. The van der Waals surface area contributed by atoms with E-state index in [0.717, 1.165) is 0 Å². The number of carbonyl (C=O) groups is 1. The van der Waals surface area contributed by atoms with Crippen LogP contribution in [0.25, 0.3) is 10.9 Å². The molecule has 24 heavy (non-hydrogen) atoms. The molecular weight excluding hydrogens is 410 g/mol. The third-order valence-corrected chi connectivity index (χ3v) is 5.04. The van der Waals surface area contributed by atoms with Gasteiger partial charge >= 0.3 is 5.97 Å². The molecule has 1 aromatic heterocycles. The molecule has 1 fully saturated rings. The second kappa shape index (κ2) is 5.95. The molecular formula is C14H13BrClNO7. The van der Waals surface area contributed by atoms with Crippen LogP contribution >= 0.6 is 27.5 Å². The van der Waals surface area contributed by atoms with Crippen LogP contribution in [0.5, 0.6) is 0 Å². The average molecular weight is 423 g/mol. The van der Waals surface area contributed by atoms with Gasteiger partial charge in [-0.3, -0.25) is 0 Å². The number of aliphatic carboxylic acids is 1. The van der Waals surface area contributed by atoms with Crippen molar-refractivity contribution in [3.05, 3.63) is 33.4 Å². The van der Waals surface area contributed by atoms with Crippen molar-refractivity contribution in [3.8, 4) is 0 Å². The van der Waals surface area contributed by atoms with Gasteiger partial charge in [0.05, 0.1) is 10.7 Å². The first-order valence-corrected chi connectivity index (χ1v) is 7.99. The standard InChI is InChI=1S/C14H13BrClNO7/c15-4-2-1-3-5-6(4)7(16)11(17-5)14(23)12(20)9(19)8(18)10(24-14)13(21)22/h1-3,8-10,12,17-20,23H,(H,21,22)/t8-,9-,10-,12+,14+/m0/s1. The number of halogens is 2. The molecule has 1 aliphatic heterocycles. The predicted octanol–water partition coefficient (Wildman–Crippen LogP) is 0.295. The second-order valence-corrected chi connectivity index (χ2v) is 6.71. The Morgan fingerprint density at radius 3 is 2.54 bits per heavy atom. The van der Waals surface area contributed by atoms with Crippen LogP contribution in [0.15, 0.2) is 22.7 Å². The summed E-state index contributed by atoms with van der Waals surface area (Å²) < 4.78 is 5.63. The summed E-state index contributed by atoms with van der Waals surface area (Å²) in [6.07, 6.45) is -7.88. The maximum absolute atomic E-state index is 11.2. The van der Waals surface area contributed by atoms with Gasteiger partial charge in [0.15, 0.2) is 6.10 Å². The van der Waals surface area contributed by atoms with Crippen molar-refractivity contribution in [1.29, 1.82) is 0 Å². The molecule has 6 N–H and O–H groups in total. The zero-order valence-electron chi connectivity index (χ0n) is 11.8. The molecule has 1 saturated heterocycles. The van der Waals surface area contributed by atoms with E-state index in [9.17, 15) is 25.2 Å². The minimum atomic E-state index is -2.66. The highest BCUT2D eigenvalue weighted by atomic mass is 79.9. The van der Waals surface area contributed by atoms with Crippen LogP contribution in [-0.2, 0) is 15.3 Å². The maximum Gasteiger partial charge on any atom is 0.335 e. The van der Waals surface area contributed by atoms with Crippen molar-refractivity contribution in [3.63, 3.8) is 0 Å². The van der Waals surface area contributed by atoms with Gasteiger partial charge in [-0.1, -0.05) is 33.6 Å². The summed E-state index contributed by atoms with van der Waals surface area (Å²) >= 11 is 9.56. The van der Waals surface area contributed by atoms with Gasteiger partial charge in [-0.2, -0.15) is 0 Å². The number of benzene rings is 1. The van der Waals surface area contributed by atoms with E-state index in [1.807, 2.05) is 0 Å². The Morgan fingerprint density at radius 1 is 1.29 bits per heavy atom. The second-order valence-electron chi connectivity index (χ2n) is 5.48. The first-order chi connectivity index (χ1) is 11.2. The minimum absolute atomic E-state index is 0.0215. The van der Waals surface area contributed by atoms with Gasteiger partial charge < -0.3 is 35.3 Å². The van der Waals surface area contributed by atoms with E-state index >= 15 is 0 Å². The number of carboxylic acids is 1. The van der Waals surface area contributed by atoms with Crippen LogP contribution < -0.4 is 0 Å². The third-order valence-electron chi connectivity index (χ3n) is 4.00. The number of hydrogen-bond acceptors (Lipinski definition) is 6. The lowest BCUT2D eigenvalue weighted by Gasteiger charge is -2.44. The first kappa shape index (κ1) is 17.6. The highest BCUT2D eigenvalue weighted by molar-refractivity contribution is 9.10. The summed E-state index contributed by atoms with van der Waals surface area (Å²) in [5.74, 6) is -4.27. The van der Waals surface area contributed by atoms with Crippen LogP contribution in [0, 0.1) is 0 Å². The van der Waals surface area contributed by atoms with Crippen LogP contribution in [0.3, 0.4) is 0 Å². The van der Waals surface area contributed by atoms with Crippen LogP contribution in [0.4, 0.5) is 0 Å². The normalized spacial score (nSPS) is 33.8. The molecule has 2 aromatic rings. The summed E-state index contributed by atoms with van der Waals surface area (Å²) in [6, 6.07) is 5.05. The molecule has 1 aliphatic rings. The Balaban J connectivity index is 2.17. The van der Waals surface area contributed by atoms with Crippen molar-refractivity contribution < 1.29 is 35.1 Å². The highest BCUT2D eigenvalue weighted by Crippen LogP contribution is 2.43. The molecule has 0 amide bonds. The molecule has 0 unspecified atom stereocenters. The van der Waals surface area contributed by atoms with Crippen LogP contribution in [0.2, 0.25) is 5.02 Å². The monoisotopic (exact) mass is 421 g/mol. The molecule has 0 bridgehead atoms. The quantitative estimate of drug-likeness (QED) is 0.408. The van der Waals surface area contributed by atoms with Crippen molar-refractivity contribution in [2.45, 2.75) is 30.2 Å². The number of aliphatic hydroxyl groups is 4. The Kier molecular flexibility index (Phi) is 4.37. The molecule has 0 saturated carbocycles. The fourth-order valence-corrected chi connectivity index (χ4v) is 3.81. The van der Waals surface area contributed by atoms with Crippen molar-refractivity contribution in [2.75, 3.05) is 0 Å². The van der Waals surface area contributed by atoms with E-state index in [2.05, 4.69) is 20.9 Å². The number of aromatic amines is 1. The SMILES string of the molecule is O=C(O)[C@H]1O[C@](O)(c2[nH]c3cccc(Br)c3c2Cl)[C@H](O)[C@@H](O)[C@@H]1O. The fraction of sp³-hybridized carbons (Fsp3) is 0.357.